The summed E-state index contributed by atoms with van der Waals surface area (Å²) in [5.74, 6) is -0.713. The maximum Gasteiger partial charge on any atom is 0.410 e. The van der Waals surface area contributed by atoms with Gasteiger partial charge >= 0.3 is 17.8 Å². The van der Waals surface area contributed by atoms with Gasteiger partial charge in [-0.2, -0.15) is 0 Å². The number of aryl methyl sites for hydroxylation is 1. The topological polar surface area (TPSA) is 109 Å². The number of rotatable bonds is 8. The zero-order valence-electron chi connectivity index (χ0n) is 28.6. The number of hydrogen-bond donors (Lipinski definition) is 0. The van der Waals surface area contributed by atoms with Gasteiger partial charge in [-0.3, -0.25) is 9.36 Å². The van der Waals surface area contributed by atoms with E-state index in [1.54, 1.807) is 32.6 Å². The molecule has 10 nitrogen and oxygen atoms in total. The van der Waals surface area contributed by atoms with Gasteiger partial charge in [-0.25, -0.2) is 19.0 Å². The Morgan fingerprint density at radius 2 is 1.61 bits per heavy atom. The minimum absolute atomic E-state index is 0.0502. The highest BCUT2D eigenvalue weighted by atomic mass is 79.9. The number of ether oxygens (including phenoxy) is 2. The Kier molecular flexibility index (Phi) is 9.97. The van der Waals surface area contributed by atoms with Gasteiger partial charge in [-0.1, -0.05) is 51.1 Å². The number of amides is 1. The first kappa shape index (κ1) is 36.1. The maximum absolute atomic E-state index is 14.3. The van der Waals surface area contributed by atoms with Crippen molar-refractivity contribution < 1.29 is 23.5 Å². The molecule has 46 heavy (non-hydrogen) atoms. The van der Waals surface area contributed by atoms with Crippen LogP contribution in [0.4, 0.5) is 4.79 Å². The van der Waals surface area contributed by atoms with Crippen LogP contribution in [-0.4, -0.2) is 59.2 Å². The fourth-order valence-electron chi connectivity index (χ4n) is 4.96. The zero-order valence-corrected chi connectivity index (χ0v) is 32.1. The van der Waals surface area contributed by atoms with Crippen LogP contribution >= 0.6 is 27.3 Å². The van der Waals surface area contributed by atoms with Gasteiger partial charge in [0.15, 0.2) is 8.32 Å². The Balaban J connectivity index is 1.73. The summed E-state index contributed by atoms with van der Waals surface area (Å²) in [6.45, 7) is 21.6. The molecule has 0 bridgehead atoms. The summed E-state index contributed by atoms with van der Waals surface area (Å²) in [6.07, 6.45) is -1.44. The molecule has 0 saturated carbocycles. The van der Waals surface area contributed by atoms with Gasteiger partial charge in [-0.05, 0) is 86.7 Å². The molecular weight excluding hydrogens is 690 g/mol. The number of fused-ring (bicyclic) bond motifs is 1. The summed E-state index contributed by atoms with van der Waals surface area (Å²) in [6, 6.07) is 9.18. The number of likely N-dealkylation sites (tertiary alicyclic amines) is 1. The smallest absolute Gasteiger partial charge is 0.410 e. The predicted octanol–water partition coefficient (Wildman–Crippen LogP) is 6.96. The predicted molar refractivity (Wildman–Crippen MR) is 187 cm³/mol. The fraction of sp³-hybridized carbons (Fsp3) is 0.576. The first-order valence-electron chi connectivity index (χ1n) is 15.4. The molecule has 252 valence electrons. The highest BCUT2D eigenvalue weighted by molar-refractivity contribution is 9.11. The Morgan fingerprint density at radius 1 is 1.02 bits per heavy atom. The van der Waals surface area contributed by atoms with Crippen molar-refractivity contribution in [2.45, 2.75) is 110 Å². The van der Waals surface area contributed by atoms with Crippen LogP contribution in [0.2, 0.25) is 18.1 Å². The van der Waals surface area contributed by atoms with Crippen LogP contribution in [0.5, 0.6) is 0 Å². The Morgan fingerprint density at radius 3 is 2.15 bits per heavy atom. The van der Waals surface area contributed by atoms with E-state index in [0.717, 1.165) is 4.57 Å². The van der Waals surface area contributed by atoms with Gasteiger partial charge in [0.2, 0.25) is 0 Å². The van der Waals surface area contributed by atoms with E-state index in [-0.39, 0.29) is 17.7 Å². The first-order chi connectivity index (χ1) is 21.0. The van der Waals surface area contributed by atoms with Crippen molar-refractivity contribution >= 4 is 57.9 Å². The number of nitrogens with zero attached hydrogens (tertiary/aromatic N) is 3. The van der Waals surface area contributed by atoms with Crippen molar-refractivity contribution in [1.29, 1.82) is 0 Å². The minimum atomic E-state index is -2.00. The molecule has 1 atom stereocenters. The molecule has 0 radical (unpaired) electrons. The summed E-state index contributed by atoms with van der Waals surface area (Å²) in [4.78, 5) is 57.1. The Bertz CT molecular complexity index is 1740. The minimum Gasteiger partial charge on any atom is -0.458 e. The largest absolute Gasteiger partial charge is 0.458 e. The van der Waals surface area contributed by atoms with Crippen LogP contribution in [-0.2, 0) is 30.8 Å². The van der Waals surface area contributed by atoms with Crippen LogP contribution in [0, 0.1) is 6.92 Å². The van der Waals surface area contributed by atoms with Crippen molar-refractivity contribution in [3.63, 3.8) is 0 Å². The fourth-order valence-corrected chi connectivity index (χ4v) is 7.99. The van der Waals surface area contributed by atoms with Gasteiger partial charge in [-0.15, -0.1) is 11.3 Å². The lowest BCUT2D eigenvalue weighted by atomic mass is 10.0. The standard InChI is InChI=1S/C33H46BrN3O7SSi/c1-20-24-26(38)37(33(8,9)28(39)43-31(2,3)4)29(40)36(27(24)45-25(20)34)19-23(21-15-13-12-14-16-21)42-30(41)35-17-22(18-35)44-46(10,11)32(5,6)7/h12-16,22-23H,17-19H2,1-11H3/t23-/m0/s1. The Labute approximate surface area is 283 Å². The zero-order chi connectivity index (χ0) is 34.6. The molecule has 0 N–H and O–H groups in total. The first-order valence-corrected chi connectivity index (χ1v) is 19.9. The van der Waals surface area contributed by atoms with Crippen molar-refractivity contribution in [1.82, 2.24) is 14.0 Å². The number of aromatic nitrogens is 2. The lowest BCUT2D eigenvalue weighted by molar-refractivity contribution is -0.164. The van der Waals surface area contributed by atoms with Gasteiger partial charge in [0.25, 0.3) is 5.56 Å². The second-order valence-electron chi connectivity index (χ2n) is 15.0. The third-order valence-corrected chi connectivity index (χ3v) is 15.5. The van der Waals surface area contributed by atoms with Gasteiger partial charge < -0.3 is 18.8 Å². The monoisotopic (exact) mass is 735 g/mol. The number of halogens is 1. The van der Waals surface area contributed by atoms with Crippen LogP contribution in [0.3, 0.4) is 0 Å². The highest BCUT2D eigenvalue weighted by Gasteiger charge is 2.44. The summed E-state index contributed by atoms with van der Waals surface area (Å²) in [7, 11) is -2.00. The van der Waals surface area contributed by atoms with E-state index in [9.17, 15) is 19.2 Å². The maximum atomic E-state index is 14.3. The van der Waals surface area contributed by atoms with Crippen LogP contribution in [0.1, 0.15) is 72.6 Å². The quantitative estimate of drug-likeness (QED) is 0.182. The van der Waals surface area contributed by atoms with Crippen molar-refractivity contribution in [2.75, 3.05) is 13.1 Å². The summed E-state index contributed by atoms with van der Waals surface area (Å²) >= 11 is 4.78. The van der Waals surface area contributed by atoms with Crippen molar-refractivity contribution in [2.24, 2.45) is 0 Å². The second-order valence-corrected chi connectivity index (χ2v) is 22.0. The number of carbonyl (C=O) groups excluding carboxylic acids is 2. The third kappa shape index (κ3) is 7.22. The molecule has 1 aromatic carbocycles. The number of carbonyl (C=O) groups is 2. The molecule has 1 fully saturated rings. The van der Waals surface area contributed by atoms with E-state index in [0.29, 0.717) is 38.2 Å². The molecule has 4 rings (SSSR count). The average molecular weight is 737 g/mol. The lowest BCUT2D eigenvalue weighted by Crippen LogP contribution is -2.59. The van der Waals surface area contributed by atoms with Gasteiger partial charge in [0.1, 0.15) is 22.1 Å². The molecule has 13 heteroatoms. The van der Waals surface area contributed by atoms with Crippen LogP contribution < -0.4 is 11.2 Å². The number of hydrogen-bond acceptors (Lipinski definition) is 8. The average Bonchev–Trinajstić information content (AvgIpc) is 3.20. The molecule has 0 aliphatic carbocycles. The molecule has 1 amide bonds. The van der Waals surface area contributed by atoms with E-state index < -0.39 is 48.9 Å². The molecule has 0 unspecified atom stereocenters. The normalized spacial score (nSPS) is 15.5. The Hall–Kier alpha value is -2.74. The van der Waals surface area contributed by atoms with Gasteiger partial charge in [0.05, 0.1) is 34.9 Å². The van der Waals surface area contributed by atoms with Gasteiger partial charge in [0, 0.05) is 0 Å². The number of benzene rings is 1. The molecule has 1 aliphatic heterocycles. The highest BCUT2D eigenvalue weighted by Crippen LogP contribution is 2.39. The number of thiophene rings is 1. The molecule has 1 saturated heterocycles. The van der Waals surface area contributed by atoms with Crippen LogP contribution in [0.15, 0.2) is 43.7 Å². The number of esters is 1. The summed E-state index contributed by atoms with van der Waals surface area (Å²) in [5, 5.41) is 0.355. The molecule has 3 heterocycles. The molecule has 0 spiro atoms. The van der Waals surface area contributed by atoms with E-state index in [1.165, 1.54) is 29.8 Å². The summed E-state index contributed by atoms with van der Waals surface area (Å²) in [5.41, 5.74) is -2.43. The molecular formula is C33H46BrN3O7SSi. The summed E-state index contributed by atoms with van der Waals surface area (Å²) < 4.78 is 21.2. The SMILES string of the molecule is Cc1c(Br)sc2c1c(=O)n(C(C)(C)C(=O)OC(C)(C)C)c(=O)n2C[C@H](OC(=O)N1CC(O[Si](C)(C)C(C)(C)C)C1)c1ccccc1. The second kappa shape index (κ2) is 12.7. The molecule has 3 aromatic rings. The molecule has 1 aliphatic rings. The van der Waals surface area contributed by atoms with E-state index >= 15 is 0 Å². The third-order valence-electron chi connectivity index (χ3n) is 8.75. The van der Waals surface area contributed by atoms with Crippen LogP contribution in [0.25, 0.3) is 10.2 Å². The molecule has 2 aromatic heterocycles. The van der Waals surface area contributed by atoms with E-state index in [4.69, 9.17) is 13.9 Å². The van der Waals surface area contributed by atoms with E-state index in [2.05, 4.69) is 49.8 Å². The lowest BCUT2D eigenvalue weighted by Gasteiger charge is -2.46. The van der Waals surface area contributed by atoms with Crippen molar-refractivity contribution in [3.8, 4) is 0 Å². The van der Waals surface area contributed by atoms with E-state index in [1.807, 2.05) is 30.3 Å². The van der Waals surface area contributed by atoms with Crippen molar-refractivity contribution in [3.05, 3.63) is 66.1 Å².